The standard InChI is InChI=1S/C14H10ClNO4/c1-9(17)11-7-6-10(8-13(11)16(18)19)20-14-5-3-2-4-12(14)15/h2-8H,1H3. The summed E-state index contributed by atoms with van der Waals surface area (Å²) in [7, 11) is 0. The molecular formula is C14H10ClNO4. The molecule has 0 atom stereocenters. The Bertz CT molecular complexity index is 685. The fourth-order valence-electron chi connectivity index (χ4n) is 1.68. The van der Waals surface area contributed by atoms with Gasteiger partial charge in [0, 0.05) is 0 Å². The van der Waals surface area contributed by atoms with Crippen molar-refractivity contribution >= 4 is 23.1 Å². The SMILES string of the molecule is CC(=O)c1ccc(Oc2ccccc2Cl)cc1[N+](=O)[O-]. The number of halogens is 1. The number of carbonyl (C=O) groups excluding carboxylic acids is 1. The topological polar surface area (TPSA) is 69.4 Å². The van der Waals surface area contributed by atoms with Crippen molar-refractivity contribution in [1.29, 1.82) is 0 Å². The molecule has 2 aromatic carbocycles. The van der Waals surface area contributed by atoms with Gasteiger partial charge in [0.2, 0.25) is 0 Å². The van der Waals surface area contributed by atoms with Gasteiger partial charge in [0.05, 0.1) is 21.6 Å². The van der Waals surface area contributed by atoms with E-state index in [9.17, 15) is 14.9 Å². The van der Waals surface area contributed by atoms with Gasteiger partial charge in [-0.25, -0.2) is 0 Å². The van der Waals surface area contributed by atoms with E-state index in [1.54, 1.807) is 24.3 Å². The summed E-state index contributed by atoms with van der Waals surface area (Å²) in [5.41, 5.74) is -0.247. The molecule has 0 aromatic heterocycles. The highest BCUT2D eigenvalue weighted by Gasteiger charge is 2.18. The quantitative estimate of drug-likeness (QED) is 0.480. The number of rotatable bonds is 4. The van der Waals surface area contributed by atoms with Crippen molar-refractivity contribution in [1.82, 2.24) is 0 Å². The van der Waals surface area contributed by atoms with Crippen LogP contribution in [0.15, 0.2) is 42.5 Å². The first kappa shape index (κ1) is 14.0. The molecule has 0 saturated carbocycles. The van der Waals surface area contributed by atoms with Crippen molar-refractivity contribution in [2.24, 2.45) is 0 Å². The molecule has 2 aromatic rings. The fraction of sp³-hybridized carbons (Fsp3) is 0.0714. The number of ketones is 1. The van der Waals surface area contributed by atoms with Gasteiger partial charge >= 0.3 is 0 Å². The smallest absolute Gasteiger partial charge is 0.283 e. The number of benzene rings is 2. The number of para-hydroxylation sites is 1. The van der Waals surface area contributed by atoms with E-state index in [2.05, 4.69) is 0 Å². The molecule has 0 aliphatic heterocycles. The lowest BCUT2D eigenvalue weighted by atomic mass is 10.1. The summed E-state index contributed by atoms with van der Waals surface area (Å²) in [4.78, 5) is 21.7. The van der Waals surface area contributed by atoms with Crippen molar-refractivity contribution in [2.45, 2.75) is 6.92 Å². The first-order valence-corrected chi connectivity index (χ1v) is 6.08. The Hall–Kier alpha value is -2.40. The van der Waals surface area contributed by atoms with Crippen LogP contribution in [0.2, 0.25) is 5.02 Å². The van der Waals surface area contributed by atoms with E-state index in [1.165, 1.54) is 25.1 Å². The minimum absolute atomic E-state index is 0.0431. The number of nitrogens with zero attached hydrogens (tertiary/aromatic N) is 1. The zero-order valence-corrected chi connectivity index (χ0v) is 11.3. The molecule has 0 heterocycles. The number of nitro groups is 1. The maximum Gasteiger partial charge on any atom is 0.283 e. The molecule has 6 heteroatoms. The van der Waals surface area contributed by atoms with E-state index in [-0.39, 0.29) is 22.8 Å². The molecule has 0 amide bonds. The molecule has 0 bridgehead atoms. The van der Waals surface area contributed by atoms with E-state index >= 15 is 0 Å². The lowest BCUT2D eigenvalue weighted by Crippen LogP contribution is -2.00. The molecule has 0 aliphatic carbocycles. The number of ether oxygens (including phenoxy) is 1. The zero-order chi connectivity index (χ0) is 14.7. The van der Waals surface area contributed by atoms with Crippen LogP contribution in [0.1, 0.15) is 17.3 Å². The first-order valence-electron chi connectivity index (χ1n) is 5.71. The molecule has 0 saturated heterocycles. The Morgan fingerprint density at radius 3 is 2.55 bits per heavy atom. The van der Waals surface area contributed by atoms with Crippen LogP contribution < -0.4 is 4.74 Å². The largest absolute Gasteiger partial charge is 0.456 e. The lowest BCUT2D eigenvalue weighted by Gasteiger charge is -2.08. The van der Waals surface area contributed by atoms with Gasteiger partial charge in [-0.15, -0.1) is 0 Å². The third kappa shape index (κ3) is 2.95. The van der Waals surface area contributed by atoms with E-state index in [0.717, 1.165) is 0 Å². The van der Waals surface area contributed by atoms with Gasteiger partial charge in [0.1, 0.15) is 11.5 Å². The van der Waals surface area contributed by atoms with Crippen molar-refractivity contribution in [3.8, 4) is 11.5 Å². The summed E-state index contributed by atoms with van der Waals surface area (Å²) in [6.07, 6.45) is 0. The van der Waals surface area contributed by atoms with Gasteiger partial charge in [0.15, 0.2) is 5.78 Å². The Kier molecular flexibility index (Phi) is 4.00. The minimum atomic E-state index is -0.615. The highest BCUT2D eigenvalue weighted by molar-refractivity contribution is 6.32. The molecule has 0 unspecified atom stereocenters. The van der Waals surface area contributed by atoms with Crippen LogP contribution in [-0.4, -0.2) is 10.7 Å². The molecule has 20 heavy (non-hydrogen) atoms. The molecule has 0 aliphatic rings. The summed E-state index contributed by atoms with van der Waals surface area (Å²) in [6, 6.07) is 10.8. The molecule has 102 valence electrons. The van der Waals surface area contributed by atoms with Gasteiger partial charge in [-0.1, -0.05) is 23.7 Å². The van der Waals surface area contributed by atoms with Crippen molar-refractivity contribution in [3.05, 3.63) is 63.2 Å². The molecular weight excluding hydrogens is 282 g/mol. The van der Waals surface area contributed by atoms with Crippen molar-refractivity contribution < 1.29 is 14.5 Å². The molecule has 0 spiro atoms. The zero-order valence-electron chi connectivity index (χ0n) is 10.5. The van der Waals surface area contributed by atoms with Crippen LogP contribution in [-0.2, 0) is 0 Å². The van der Waals surface area contributed by atoms with Gasteiger partial charge in [0.25, 0.3) is 5.69 Å². The van der Waals surface area contributed by atoms with E-state index in [0.29, 0.717) is 10.8 Å². The summed E-state index contributed by atoms with van der Waals surface area (Å²) in [5, 5.41) is 11.4. The monoisotopic (exact) mass is 291 g/mol. The average Bonchev–Trinajstić information content (AvgIpc) is 2.41. The number of nitro benzene ring substituents is 1. The van der Waals surface area contributed by atoms with Gasteiger partial charge in [-0.05, 0) is 31.2 Å². The first-order chi connectivity index (χ1) is 9.49. The predicted octanol–water partition coefficient (Wildman–Crippen LogP) is 4.24. The Morgan fingerprint density at radius 2 is 1.95 bits per heavy atom. The van der Waals surface area contributed by atoms with Crippen LogP contribution in [0.4, 0.5) is 5.69 Å². The molecule has 0 N–H and O–H groups in total. The van der Waals surface area contributed by atoms with Crippen LogP contribution in [0.3, 0.4) is 0 Å². The van der Waals surface area contributed by atoms with Gasteiger partial charge in [-0.2, -0.15) is 0 Å². The van der Waals surface area contributed by atoms with Crippen LogP contribution in [0, 0.1) is 10.1 Å². The number of hydrogen-bond donors (Lipinski definition) is 0. The molecule has 0 fully saturated rings. The van der Waals surface area contributed by atoms with Gasteiger partial charge in [-0.3, -0.25) is 14.9 Å². The van der Waals surface area contributed by atoms with Gasteiger partial charge < -0.3 is 4.74 Å². The van der Waals surface area contributed by atoms with E-state index in [4.69, 9.17) is 16.3 Å². The van der Waals surface area contributed by atoms with Crippen LogP contribution in [0.5, 0.6) is 11.5 Å². The normalized spacial score (nSPS) is 10.1. The fourth-order valence-corrected chi connectivity index (χ4v) is 1.85. The summed E-state index contributed by atoms with van der Waals surface area (Å²) in [6.45, 7) is 1.27. The summed E-state index contributed by atoms with van der Waals surface area (Å²) < 4.78 is 5.49. The van der Waals surface area contributed by atoms with Crippen LogP contribution >= 0.6 is 11.6 Å². The number of carbonyl (C=O) groups is 1. The lowest BCUT2D eigenvalue weighted by molar-refractivity contribution is -0.385. The van der Waals surface area contributed by atoms with Crippen molar-refractivity contribution in [3.63, 3.8) is 0 Å². The predicted molar refractivity (Wildman–Crippen MR) is 74.6 cm³/mol. The second kappa shape index (κ2) is 5.71. The molecule has 2 rings (SSSR count). The second-order valence-corrected chi connectivity index (χ2v) is 4.43. The second-order valence-electron chi connectivity index (χ2n) is 4.02. The third-order valence-corrected chi connectivity index (χ3v) is 2.92. The molecule has 0 radical (unpaired) electrons. The van der Waals surface area contributed by atoms with Crippen molar-refractivity contribution in [2.75, 3.05) is 0 Å². The Labute approximate surface area is 119 Å². The summed E-state index contributed by atoms with van der Waals surface area (Å²) >= 11 is 5.95. The highest BCUT2D eigenvalue weighted by atomic mass is 35.5. The Balaban J connectivity index is 2.40. The maximum atomic E-state index is 11.3. The minimum Gasteiger partial charge on any atom is -0.456 e. The highest BCUT2D eigenvalue weighted by Crippen LogP contribution is 2.32. The number of Topliss-reactive ketones (excluding diaryl/α,β-unsaturated/α-hetero) is 1. The van der Waals surface area contributed by atoms with Crippen LogP contribution in [0.25, 0.3) is 0 Å². The Morgan fingerprint density at radius 1 is 1.25 bits per heavy atom. The van der Waals surface area contributed by atoms with E-state index < -0.39 is 4.92 Å². The average molecular weight is 292 g/mol. The maximum absolute atomic E-state index is 11.3. The third-order valence-electron chi connectivity index (χ3n) is 2.61. The number of hydrogen-bond acceptors (Lipinski definition) is 4. The van der Waals surface area contributed by atoms with E-state index in [1.807, 2.05) is 0 Å². The summed E-state index contributed by atoms with van der Waals surface area (Å²) in [5.74, 6) is 0.259. The molecule has 5 nitrogen and oxygen atoms in total.